The van der Waals surface area contributed by atoms with Gasteiger partial charge in [-0.15, -0.1) is 10.2 Å². The summed E-state index contributed by atoms with van der Waals surface area (Å²) in [6.45, 7) is 2.71. The van der Waals surface area contributed by atoms with Crippen LogP contribution in [0, 0.1) is 0 Å². The zero-order chi connectivity index (χ0) is 10.8. The van der Waals surface area contributed by atoms with Gasteiger partial charge in [0, 0.05) is 18.2 Å². The van der Waals surface area contributed by atoms with Crippen molar-refractivity contribution >= 4 is 46.8 Å². The number of thiol groups is 1. The average molecular weight is 261 g/mol. The fraction of sp³-hybridized carbons (Fsp3) is 0.625. The summed E-state index contributed by atoms with van der Waals surface area (Å²) < 4.78 is 0.919. The Balaban J connectivity index is 2.12. The summed E-state index contributed by atoms with van der Waals surface area (Å²) in [5.74, 6) is 1.07. The zero-order valence-corrected chi connectivity index (χ0v) is 10.7. The van der Waals surface area contributed by atoms with Crippen LogP contribution in [0.5, 0.6) is 0 Å². The van der Waals surface area contributed by atoms with Gasteiger partial charge in [0.1, 0.15) is 0 Å². The summed E-state index contributed by atoms with van der Waals surface area (Å²) in [5.41, 5.74) is 0. The van der Waals surface area contributed by atoms with Crippen molar-refractivity contribution in [3.05, 3.63) is 0 Å². The Labute approximate surface area is 102 Å². The van der Waals surface area contributed by atoms with Gasteiger partial charge in [-0.25, -0.2) is 0 Å². The Morgan fingerprint density at radius 1 is 1.67 bits per heavy atom. The number of anilines is 1. The first-order valence-corrected chi connectivity index (χ1v) is 6.97. The van der Waals surface area contributed by atoms with E-state index in [0.29, 0.717) is 18.1 Å². The molecule has 1 aromatic rings. The molecule has 0 saturated carbocycles. The molecular weight excluding hydrogens is 250 g/mol. The standard InChI is InChI=1S/C8H11N3OS3/c1-2-14-8-10-9-7(15-8)11-4-5(13)3-6(11)12/h5,13H,2-4H2,1H3. The van der Waals surface area contributed by atoms with Crippen LogP contribution in [0.1, 0.15) is 13.3 Å². The molecule has 0 radical (unpaired) electrons. The lowest BCUT2D eigenvalue weighted by Gasteiger charge is -2.09. The van der Waals surface area contributed by atoms with Crippen molar-refractivity contribution in [3.63, 3.8) is 0 Å². The third-order valence-corrected chi connectivity index (χ3v) is 4.31. The quantitative estimate of drug-likeness (QED) is 0.511. The summed E-state index contributed by atoms with van der Waals surface area (Å²) in [6.07, 6.45) is 0.499. The first-order valence-electron chi connectivity index (χ1n) is 4.65. The maximum atomic E-state index is 11.6. The molecule has 0 aromatic carbocycles. The molecule has 1 aliphatic heterocycles. The van der Waals surface area contributed by atoms with Crippen LogP contribution in [-0.2, 0) is 4.79 Å². The third kappa shape index (κ3) is 2.46. The summed E-state index contributed by atoms with van der Waals surface area (Å²) in [5, 5.41) is 8.87. The molecule has 82 valence electrons. The van der Waals surface area contributed by atoms with Crippen molar-refractivity contribution in [1.82, 2.24) is 10.2 Å². The molecule has 1 atom stereocenters. The molecule has 0 N–H and O–H groups in total. The number of nitrogens with zero attached hydrogens (tertiary/aromatic N) is 3. The number of aromatic nitrogens is 2. The molecule has 15 heavy (non-hydrogen) atoms. The Bertz CT molecular complexity index is 368. The molecule has 1 unspecified atom stereocenters. The van der Waals surface area contributed by atoms with Crippen LogP contribution >= 0.6 is 35.7 Å². The van der Waals surface area contributed by atoms with E-state index < -0.39 is 0 Å². The number of amides is 1. The van der Waals surface area contributed by atoms with E-state index in [4.69, 9.17) is 0 Å². The van der Waals surface area contributed by atoms with E-state index in [1.807, 2.05) is 0 Å². The summed E-state index contributed by atoms with van der Waals surface area (Å²) in [6, 6.07) is 0. The number of rotatable bonds is 3. The minimum absolute atomic E-state index is 0.0965. The van der Waals surface area contributed by atoms with Gasteiger partial charge < -0.3 is 0 Å². The topological polar surface area (TPSA) is 46.1 Å². The number of hydrogen-bond acceptors (Lipinski definition) is 6. The highest BCUT2D eigenvalue weighted by molar-refractivity contribution is 8.01. The van der Waals surface area contributed by atoms with Crippen molar-refractivity contribution < 1.29 is 4.79 Å². The Hall–Kier alpha value is -0.270. The van der Waals surface area contributed by atoms with Gasteiger partial charge in [-0.1, -0.05) is 30.0 Å². The normalized spacial score (nSPS) is 21.3. The molecule has 2 rings (SSSR count). The monoisotopic (exact) mass is 261 g/mol. The summed E-state index contributed by atoms with van der Waals surface area (Å²) in [7, 11) is 0. The maximum absolute atomic E-state index is 11.6. The molecule has 1 aromatic heterocycles. The highest BCUT2D eigenvalue weighted by Gasteiger charge is 2.30. The second-order valence-corrected chi connectivity index (χ2v) is 6.34. The summed E-state index contributed by atoms with van der Waals surface area (Å²) >= 11 is 7.42. The van der Waals surface area contributed by atoms with Crippen molar-refractivity contribution in [2.24, 2.45) is 0 Å². The number of hydrogen-bond donors (Lipinski definition) is 1. The van der Waals surface area contributed by atoms with E-state index in [0.717, 1.165) is 10.1 Å². The van der Waals surface area contributed by atoms with E-state index in [1.165, 1.54) is 11.3 Å². The zero-order valence-electron chi connectivity index (χ0n) is 8.21. The molecule has 0 spiro atoms. The van der Waals surface area contributed by atoms with E-state index in [2.05, 4.69) is 29.7 Å². The lowest BCUT2D eigenvalue weighted by Crippen LogP contribution is -2.24. The van der Waals surface area contributed by atoms with Crippen molar-refractivity contribution in [3.8, 4) is 0 Å². The van der Waals surface area contributed by atoms with Crippen molar-refractivity contribution in [2.45, 2.75) is 22.9 Å². The highest BCUT2D eigenvalue weighted by atomic mass is 32.2. The molecular formula is C8H11N3OS3. The second kappa shape index (κ2) is 4.71. The molecule has 4 nitrogen and oxygen atoms in total. The van der Waals surface area contributed by atoms with Gasteiger partial charge in [-0.05, 0) is 5.75 Å². The first-order chi connectivity index (χ1) is 7.20. The van der Waals surface area contributed by atoms with Crippen LogP contribution in [0.15, 0.2) is 4.34 Å². The van der Waals surface area contributed by atoms with Crippen LogP contribution in [0.4, 0.5) is 5.13 Å². The molecule has 1 aliphatic rings. The van der Waals surface area contributed by atoms with Crippen LogP contribution < -0.4 is 4.90 Å². The molecule has 0 bridgehead atoms. The molecule has 7 heteroatoms. The predicted molar refractivity (Wildman–Crippen MR) is 66.1 cm³/mol. The Morgan fingerprint density at radius 3 is 3.07 bits per heavy atom. The molecule has 1 amide bonds. The minimum atomic E-state index is 0.0965. The Kier molecular flexibility index (Phi) is 3.53. The fourth-order valence-corrected chi connectivity index (χ4v) is 3.45. The van der Waals surface area contributed by atoms with E-state index in [-0.39, 0.29) is 11.2 Å². The van der Waals surface area contributed by atoms with Crippen LogP contribution in [0.2, 0.25) is 0 Å². The van der Waals surface area contributed by atoms with Gasteiger partial charge in [0.15, 0.2) is 4.34 Å². The lowest BCUT2D eigenvalue weighted by atomic mass is 10.4. The summed E-state index contributed by atoms with van der Waals surface area (Å²) in [4.78, 5) is 13.2. The molecule has 0 aliphatic carbocycles. The fourth-order valence-electron chi connectivity index (χ4n) is 1.37. The molecule has 1 saturated heterocycles. The minimum Gasteiger partial charge on any atom is -0.286 e. The third-order valence-electron chi connectivity index (χ3n) is 2.00. The molecule has 1 fully saturated rings. The average Bonchev–Trinajstić information content (AvgIpc) is 2.73. The first kappa shape index (κ1) is 11.2. The van der Waals surface area contributed by atoms with Gasteiger partial charge in [-0.3, -0.25) is 9.69 Å². The van der Waals surface area contributed by atoms with Crippen LogP contribution in [0.25, 0.3) is 0 Å². The Morgan fingerprint density at radius 2 is 2.47 bits per heavy atom. The van der Waals surface area contributed by atoms with Crippen molar-refractivity contribution in [2.75, 3.05) is 17.2 Å². The van der Waals surface area contributed by atoms with E-state index in [9.17, 15) is 4.79 Å². The van der Waals surface area contributed by atoms with Gasteiger partial charge >= 0.3 is 0 Å². The number of thioether (sulfide) groups is 1. The largest absolute Gasteiger partial charge is 0.286 e. The number of carbonyl (C=O) groups is 1. The smallest absolute Gasteiger partial charge is 0.230 e. The van der Waals surface area contributed by atoms with Crippen LogP contribution in [0.3, 0.4) is 0 Å². The van der Waals surface area contributed by atoms with Gasteiger partial charge in [0.05, 0.1) is 0 Å². The van der Waals surface area contributed by atoms with Gasteiger partial charge in [0.25, 0.3) is 0 Å². The lowest BCUT2D eigenvalue weighted by molar-refractivity contribution is -0.117. The second-order valence-electron chi connectivity index (χ2n) is 3.15. The SMILES string of the molecule is CCSc1nnc(N2CC(S)CC2=O)s1. The van der Waals surface area contributed by atoms with E-state index in [1.54, 1.807) is 16.7 Å². The predicted octanol–water partition coefficient (Wildman–Crippen LogP) is 1.69. The molecule has 2 heterocycles. The van der Waals surface area contributed by atoms with Gasteiger partial charge in [0.2, 0.25) is 11.0 Å². The highest BCUT2D eigenvalue weighted by Crippen LogP contribution is 2.31. The maximum Gasteiger partial charge on any atom is 0.230 e. The number of carbonyl (C=O) groups excluding carboxylic acids is 1. The van der Waals surface area contributed by atoms with Gasteiger partial charge in [-0.2, -0.15) is 12.6 Å². The van der Waals surface area contributed by atoms with Crippen LogP contribution in [-0.4, -0.2) is 33.7 Å². The van der Waals surface area contributed by atoms with E-state index >= 15 is 0 Å². The van der Waals surface area contributed by atoms with Crippen molar-refractivity contribution in [1.29, 1.82) is 0 Å².